The van der Waals surface area contributed by atoms with Crippen molar-refractivity contribution in [1.29, 1.82) is 0 Å². The highest BCUT2D eigenvalue weighted by Gasteiger charge is 2.11. The molecule has 0 aromatic heterocycles. The van der Waals surface area contributed by atoms with Crippen LogP contribution in [0.5, 0.6) is 5.75 Å². The molecule has 84 valence electrons. The summed E-state index contributed by atoms with van der Waals surface area (Å²) in [5, 5.41) is 9.59. The van der Waals surface area contributed by atoms with Crippen molar-refractivity contribution in [2.45, 2.75) is 39.4 Å². The van der Waals surface area contributed by atoms with Gasteiger partial charge in [0.15, 0.2) is 0 Å². The van der Waals surface area contributed by atoms with Crippen molar-refractivity contribution in [2.75, 3.05) is 0 Å². The maximum atomic E-state index is 9.59. The number of halogens is 1. The predicted molar refractivity (Wildman–Crippen MR) is 65.2 cm³/mol. The fourth-order valence-electron chi connectivity index (χ4n) is 1.26. The Kier molecular flexibility index (Phi) is 4.61. The molecule has 3 heteroatoms. The molecule has 1 aromatic carbocycles. The molecule has 0 aliphatic rings. The molecule has 0 heterocycles. The lowest BCUT2D eigenvalue weighted by Crippen LogP contribution is -2.11. The van der Waals surface area contributed by atoms with Gasteiger partial charge in [0.05, 0.1) is 12.2 Å². The molecule has 0 amide bonds. The second-order valence-corrected chi connectivity index (χ2v) is 4.61. The minimum absolute atomic E-state index is 0.164. The van der Waals surface area contributed by atoms with Crippen LogP contribution in [0.15, 0.2) is 22.7 Å². The van der Waals surface area contributed by atoms with E-state index >= 15 is 0 Å². The van der Waals surface area contributed by atoms with Gasteiger partial charge in [-0.2, -0.15) is 0 Å². The Bertz CT molecular complexity index is 323. The van der Waals surface area contributed by atoms with Gasteiger partial charge in [-0.15, -0.1) is 0 Å². The van der Waals surface area contributed by atoms with E-state index in [-0.39, 0.29) is 6.10 Å². The minimum atomic E-state index is -0.503. The minimum Gasteiger partial charge on any atom is -0.490 e. The third-order valence-electron chi connectivity index (χ3n) is 2.33. The zero-order valence-corrected chi connectivity index (χ0v) is 10.9. The van der Waals surface area contributed by atoms with Crippen LogP contribution in [0.1, 0.15) is 38.9 Å². The van der Waals surface area contributed by atoms with E-state index in [0.29, 0.717) is 0 Å². The van der Waals surface area contributed by atoms with Crippen molar-refractivity contribution in [3.63, 3.8) is 0 Å². The topological polar surface area (TPSA) is 29.5 Å². The maximum absolute atomic E-state index is 9.59. The summed E-state index contributed by atoms with van der Waals surface area (Å²) in [7, 11) is 0. The van der Waals surface area contributed by atoms with E-state index in [2.05, 4.69) is 22.9 Å². The van der Waals surface area contributed by atoms with Crippen LogP contribution in [0.25, 0.3) is 0 Å². The van der Waals surface area contributed by atoms with Gasteiger partial charge in [0.25, 0.3) is 0 Å². The monoisotopic (exact) mass is 272 g/mol. The summed E-state index contributed by atoms with van der Waals surface area (Å²) in [4.78, 5) is 0. The van der Waals surface area contributed by atoms with Crippen LogP contribution < -0.4 is 4.74 Å². The molecule has 0 aliphatic carbocycles. The van der Waals surface area contributed by atoms with E-state index in [1.54, 1.807) is 6.92 Å². The van der Waals surface area contributed by atoms with E-state index < -0.39 is 6.10 Å². The molecular weight excluding hydrogens is 256 g/mol. The highest BCUT2D eigenvalue weighted by atomic mass is 79.9. The number of benzene rings is 1. The summed E-state index contributed by atoms with van der Waals surface area (Å²) >= 11 is 3.40. The molecule has 1 rings (SSSR count). The first-order chi connectivity index (χ1) is 7.04. The zero-order valence-electron chi connectivity index (χ0n) is 9.33. The van der Waals surface area contributed by atoms with Crippen LogP contribution in [-0.4, -0.2) is 11.2 Å². The highest BCUT2D eigenvalue weighted by Crippen LogP contribution is 2.29. The molecule has 0 saturated heterocycles. The fraction of sp³-hybridized carbons (Fsp3) is 0.500. The molecule has 1 N–H and O–H groups in total. The van der Waals surface area contributed by atoms with Crippen LogP contribution in [0.3, 0.4) is 0 Å². The van der Waals surface area contributed by atoms with Crippen LogP contribution in [-0.2, 0) is 0 Å². The molecular formula is C12H17BrO2. The third kappa shape index (κ3) is 3.50. The number of aliphatic hydroxyl groups excluding tert-OH is 1. The molecule has 0 fully saturated rings. The van der Waals surface area contributed by atoms with Crippen molar-refractivity contribution in [3.8, 4) is 5.75 Å². The Balaban J connectivity index is 2.96. The van der Waals surface area contributed by atoms with Crippen LogP contribution >= 0.6 is 15.9 Å². The summed E-state index contributed by atoms with van der Waals surface area (Å²) in [6.45, 7) is 5.84. The van der Waals surface area contributed by atoms with E-state index in [4.69, 9.17) is 4.74 Å². The molecule has 0 aliphatic heterocycles. The number of ether oxygens (including phenoxy) is 1. The summed E-state index contributed by atoms with van der Waals surface area (Å²) in [5.74, 6) is 0.758. The van der Waals surface area contributed by atoms with Crippen molar-refractivity contribution in [3.05, 3.63) is 28.2 Å². The Morgan fingerprint density at radius 3 is 2.60 bits per heavy atom. The Hall–Kier alpha value is -0.540. The second kappa shape index (κ2) is 5.52. The first-order valence-corrected chi connectivity index (χ1v) is 5.98. The quantitative estimate of drug-likeness (QED) is 0.906. The van der Waals surface area contributed by atoms with E-state index in [9.17, 15) is 5.11 Å². The zero-order chi connectivity index (χ0) is 11.4. The molecule has 15 heavy (non-hydrogen) atoms. The molecule has 1 unspecified atom stereocenters. The van der Waals surface area contributed by atoms with Gasteiger partial charge >= 0.3 is 0 Å². The first-order valence-electron chi connectivity index (χ1n) is 5.18. The van der Waals surface area contributed by atoms with Gasteiger partial charge in [0.1, 0.15) is 5.75 Å². The van der Waals surface area contributed by atoms with E-state index in [0.717, 1.165) is 22.2 Å². The van der Waals surface area contributed by atoms with Crippen LogP contribution in [0, 0.1) is 0 Å². The first kappa shape index (κ1) is 12.5. The number of hydrogen-bond donors (Lipinski definition) is 1. The third-order valence-corrected chi connectivity index (χ3v) is 2.82. The standard InChI is InChI=1S/C12H17BrO2/c1-4-8(2)15-12-7-10(13)5-6-11(12)9(3)14/h5-9,14H,4H2,1-3H3/t8?,9-/m1/s1. The normalized spacial score (nSPS) is 14.7. The van der Waals surface area contributed by atoms with E-state index in [1.165, 1.54) is 0 Å². The van der Waals surface area contributed by atoms with Crippen molar-refractivity contribution in [1.82, 2.24) is 0 Å². The number of hydrogen-bond acceptors (Lipinski definition) is 2. The predicted octanol–water partition coefficient (Wildman–Crippen LogP) is 3.68. The van der Waals surface area contributed by atoms with Crippen molar-refractivity contribution >= 4 is 15.9 Å². The van der Waals surface area contributed by atoms with Gasteiger partial charge < -0.3 is 9.84 Å². The molecule has 2 atom stereocenters. The molecule has 2 nitrogen and oxygen atoms in total. The second-order valence-electron chi connectivity index (χ2n) is 3.69. The molecule has 0 saturated carbocycles. The van der Waals surface area contributed by atoms with Gasteiger partial charge in [-0.25, -0.2) is 0 Å². The molecule has 0 radical (unpaired) electrons. The SMILES string of the molecule is CCC(C)Oc1cc(Br)ccc1[C@@H](C)O. The summed E-state index contributed by atoms with van der Waals surface area (Å²) in [5.41, 5.74) is 0.832. The number of rotatable bonds is 4. The van der Waals surface area contributed by atoms with Crippen LogP contribution in [0.2, 0.25) is 0 Å². The summed E-state index contributed by atoms with van der Waals surface area (Å²) in [6, 6.07) is 5.69. The largest absolute Gasteiger partial charge is 0.490 e. The van der Waals surface area contributed by atoms with Gasteiger partial charge in [-0.05, 0) is 32.4 Å². The smallest absolute Gasteiger partial charge is 0.126 e. The Morgan fingerprint density at radius 2 is 2.07 bits per heavy atom. The van der Waals surface area contributed by atoms with E-state index in [1.807, 2.05) is 25.1 Å². The van der Waals surface area contributed by atoms with Gasteiger partial charge in [-0.3, -0.25) is 0 Å². The average Bonchev–Trinajstić information content (AvgIpc) is 2.17. The highest BCUT2D eigenvalue weighted by molar-refractivity contribution is 9.10. The molecule has 0 spiro atoms. The van der Waals surface area contributed by atoms with Crippen LogP contribution in [0.4, 0.5) is 0 Å². The average molecular weight is 273 g/mol. The molecule has 1 aromatic rings. The Labute approximate surface area is 99.4 Å². The lowest BCUT2D eigenvalue weighted by atomic mass is 10.1. The van der Waals surface area contributed by atoms with Crippen molar-refractivity contribution < 1.29 is 9.84 Å². The Morgan fingerprint density at radius 1 is 1.40 bits per heavy atom. The summed E-state index contributed by atoms with van der Waals surface area (Å²) < 4.78 is 6.71. The van der Waals surface area contributed by atoms with Gasteiger partial charge in [0, 0.05) is 10.0 Å². The molecule has 0 bridgehead atoms. The lowest BCUT2D eigenvalue weighted by Gasteiger charge is -2.17. The number of aliphatic hydroxyl groups is 1. The lowest BCUT2D eigenvalue weighted by molar-refractivity contribution is 0.176. The van der Waals surface area contributed by atoms with Gasteiger partial charge in [0.2, 0.25) is 0 Å². The van der Waals surface area contributed by atoms with Crippen molar-refractivity contribution in [2.24, 2.45) is 0 Å². The van der Waals surface area contributed by atoms with Gasteiger partial charge in [-0.1, -0.05) is 28.9 Å². The fourth-order valence-corrected chi connectivity index (χ4v) is 1.60. The summed E-state index contributed by atoms with van der Waals surface area (Å²) in [6.07, 6.45) is 0.611. The maximum Gasteiger partial charge on any atom is 0.126 e.